The average molecular weight is 404 g/mol. The summed E-state index contributed by atoms with van der Waals surface area (Å²) >= 11 is 0. The third kappa shape index (κ3) is 5.38. The molecule has 2 amide bonds. The molecule has 0 fully saturated rings. The van der Waals surface area contributed by atoms with E-state index in [4.69, 9.17) is 9.47 Å². The summed E-state index contributed by atoms with van der Waals surface area (Å²) < 4.78 is 10.6. The van der Waals surface area contributed by atoms with Gasteiger partial charge in [0.05, 0.1) is 7.11 Å². The van der Waals surface area contributed by atoms with Crippen LogP contribution in [0.5, 0.6) is 11.5 Å². The molecule has 0 saturated carbocycles. The summed E-state index contributed by atoms with van der Waals surface area (Å²) in [6, 6.07) is 21.5. The van der Waals surface area contributed by atoms with Crippen molar-refractivity contribution >= 4 is 23.2 Å². The lowest BCUT2D eigenvalue weighted by molar-refractivity contribution is -0.118. The maximum Gasteiger partial charge on any atom is 0.262 e. The highest BCUT2D eigenvalue weighted by Crippen LogP contribution is 2.21. The highest BCUT2D eigenvalue weighted by molar-refractivity contribution is 6.05. The van der Waals surface area contributed by atoms with E-state index in [0.717, 1.165) is 17.0 Å². The molecule has 6 heteroatoms. The number of methoxy groups -OCH3 is 1. The maximum absolute atomic E-state index is 12.6. The highest BCUT2D eigenvalue weighted by Gasteiger charge is 2.13. The summed E-state index contributed by atoms with van der Waals surface area (Å²) in [5.74, 6) is 0.897. The molecule has 0 bridgehead atoms. The first-order chi connectivity index (χ1) is 14.5. The van der Waals surface area contributed by atoms with Crippen LogP contribution in [0.4, 0.5) is 11.4 Å². The predicted molar refractivity (Wildman–Crippen MR) is 117 cm³/mol. The molecular formula is C24H24N2O4. The van der Waals surface area contributed by atoms with Crippen LogP contribution in [0.2, 0.25) is 0 Å². The van der Waals surface area contributed by atoms with Crippen LogP contribution in [0.1, 0.15) is 15.9 Å². The molecule has 0 aliphatic carbocycles. The van der Waals surface area contributed by atoms with Gasteiger partial charge in [-0.15, -0.1) is 0 Å². The molecule has 6 nitrogen and oxygen atoms in total. The van der Waals surface area contributed by atoms with Gasteiger partial charge in [0.2, 0.25) is 0 Å². The van der Waals surface area contributed by atoms with Gasteiger partial charge in [0.25, 0.3) is 11.8 Å². The third-order valence-corrected chi connectivity index (χ3v) is 4.57. The van der Waals surface area contributed by atoms with Crippen molar-refractivity contribution in [3.8, 4) is 11.5 Å². The first kappa shape index (κ1) is 20.9. The normalized spacial score (nSPS) is 10.2. The van der Waals surface area contributed by atoms with E-state index >= 15 is 0 Å². The third-order valence-electron chi connectivity index (χ3n) is 4.57. The number of benzene rings is 3. The predicted octanol–water partition coefficient (Wildman–Crippen LogP) is 4.30. The van der Waals surface area contributed by atoms with Gasteiger partial charge in [0.1, 0.15) is 11.5 Å². The fraction of sp³-hybridized carbons (Fsp3) is 0.167. The van der Waals surface area contributed by atoms with Crippen molar-refractivity contribution in [2.75, 3.05) is 31.0 Å². The monoisotopic (exact) mass is 404 g/mol. The van der Waals surface area contributed by atoms with Crippen molar-refractivity contribution in [3.63, 3.8) is 0 Å². The van der Waals surface area contributed by atoms with Gasteiger partial charge in [0, 0.05) is 24.0 Å². The summed E-state index contributed by atoms with van der Waals surface area (Å²) in [6.45, 7) is 1.86. The van der Waals surface area contributed by atoms with Gasteiger partial charge >= 0.3 is 0 Å². The van der Waals surface area contributed by atoms with Crippen LogP contribution in [-0.2, 0) is 4.79 Å². The van der Waals surface area contributed by atoms with Gasteiger partial charge in [-0.2, -0.15) is 0 Å². The Morgan fingerprint density at radius 3 is 2.07 bits per heavy atom. The van der Waals surface area contributed by atoms with Crippen LogP contribution in [0.15, 0.2) is 72.8 Å². The van der Waals surface area contributed by atoms with E-state index in [0.29, 0.717) is 17.0 Å². The Morgan fingerprint density at radius 2 is 1.47 bits per heavy atom. The standard InChI is InChI=1S/C24H24N2O4/c1-17-4-6-18(7-5-17)24(28)26(2)20-10-14-22(15-11-20)30-16-23(27)25-19-8-12-21(29-3)13-9-19/h4-15H,16H2,1-3H3,(H,25,27). The van der Waals surface area contributed by atoms with Gasteiger partial charge in [-0.3, -0.25) is 9.59 Å². The van der Waals surface area contributed by atoms with Crippen molar-refractivity contribution in [3.05, 3.63) is 83.9 Å². The van der Waals surface area contributed by atoms with Crippen LogP contribution in [0.3, 0.4) is 0 Å². The lowest BCUT2D eigenvalue weighted by Crippen LogP contribution is -2.26. The number of anilines is 2. The van der Waals surface area contributed by atoms with Crippen LogP contribution in [0, 0.1) is 6.92 Å². The Hall–Kier alpha value is -3.80. The molecule has 0 radical (unpaired) electrons. The number of carbonyl (C=O) groups is 2. The number of carbonyl (C=O) groups excluding carboxylic acids is 2. The Balaban J connectivity index is 1.53. The second-order valence-corrected chi connectivity index (χ2v) is 6.79. The molecule has 1 N–H and O–H groups in total. The van der Waals surface area contributed by atoms with Crippen LogP contribution < -0.4 is 19.7 Å². The lowest BCUT2D eigenvalue weighted by Gasteiger charge is -2.18. The van der Waals surface area contributed by atoms with Crippen molar-refractivity contribution < 1.29 is 19.1 Å². The number of aryl methyl sites for hydroxylation is 1. The van der Waals surface area contributed by atoms with Gasteiger partial charge in [-0.25, -0.2) is 0 Å². The summed E-state index contributed by atoms with van der Waals surface area (Å²) in [6.07, 6.45) is 0. The molecular weight excluding hydrogens is 380 g/mol. The van der Waals surface area contributed by atoms with E-state index < -0.39 is 0 Å². The molecule has 0 unspecified atom stereocenters. The zero-order chi connectivity index (χ0) is 21.5. The minimum Gasteiger partial charge on any atom is -0.497 e. The van der Waals surface area contributed by atoms with Gasteiger partial charge < -0.3 is 19.7 Å². The fourth-order valence-corrected chi connectivity index (χ4v) is 2.79. The Morgan fingerprint density at radius 1 is 0.867 bits per heavy atom. The molecule has 0 aliphatic heterocycles. The van der Waals surface area contributed by atoms with Gasteiger partial charge in [0.15, 0.2) is 6.61 Å². The quantitative estimate of drug-likeness (QED) is 0.638. The maximum atomic E-state index is 12.6. The Bertz CT molecular complexity index is 997. The first-order valence-electron chi connectivity index (χ1n) is 9.48. The summed E-state index contributed by atoms with van der Waals surface area (Å²) in [7, 11) is 3.31. The van der Waals surface area contributed by atoms with Gasteiger partial charge in [-0.05, 0) is 67.6 Å². The molecule has 3 rings (SSSR count). The molecule has 0 spiro atoms. The van der Waals surface area contributed by atoms with E-state index in [1.807, 2.05) is 31.2 Å². The molecule has 0 heterocycles. The number of nitrogens with zero attached hydrogens (tertiary/aromatic N) is 1. The molecule has 3 aromatic carbocycles. The van der Waals surface area contributed by atoms with Crippen LogP contribution >= 0.6 is 0 Å². The number of hydrogen-bond acceptors (Lipinski definition) is 4. The smallest absolute Gasteiger partial charge is 0.262 e. The Labute approximate surface area is 176 Å². The molecule has 0 atom stereocenters. The molecule has 154 valence electrons. The second kappa shape index (κ2) is 9.60. The number of rotatable bonds is 7. The number of ether oxygens (including phenoxy) is 2. The van der Waals surface area contributed by atoms with Crippen molar-refractivity contribution in [1.82, 2.24) is 0 Å². The first-order valence-corrected chi connectivity index (χ1v) is 9.48. The number of hydrogen-bond donors (Lipinski definition) is 1. The summed E-state index contributed by atoms with van der Waals surface area (Å²) in [4.78, 5) is 26.2. The van der Waals surface area contributed by atoms with Crippen molar-refractivity contribution in [2.45, 2.75) is 6.92 Å². The number of nitrogens with one attached hydrogen (secondary N) is 1. The van der Waals surface area contributed by atoms with Crippen LogP contribution in [-0.4, -0.2) is 32.6 Å². The lowest BCUT2D eigenvalue weighted by atomic mass is 10.1. The number of amides is 2. The van der Waals surface area contributed by atoms with E-state index in [1.54, 1.807) is 67.6 Å². The SMILES string of the molecule is COc1ccc(NC(=O)COc2ccc(N(C)C(=O)c3ccc(C)cc3)cc2)cc1. The summed E-state index contributed by atoms with van der Waals surface area (Å²) in [5.41, 5.74) is 3.12. The molecule has 30 heavy (non-hydrogen) atoms. The van der Waals surface area contributed by atoms with E-state index in [-0.39, 0.29) is 18.4 Å². The topological polar surface area (TPSA) is 67.9 Å². The van der Waals surface area contributed by atoms with E-state index in [1.165, 1.54) is 0 Å². The second-order valence-electron chi connectivity index (χ2n) is 6.79. The summed E-state index contributed by atoms with van der Waals surface area (Å²) in [5, 5.41) is 2.76. The molecule has 0 aliphatic rings. The zero-order valence-corrected chi connectivity index (χ0v) is 17.2. The molecule has 3 aromatic rings. The van der Waals surface area contributed by atoms with E-state index in [2.05, 4.69) is 5.32 Å². The van der Waals surface area contributed by atoms with Crippen molar-refractivity contribution in [2.24, 2.45) is 0 Å². The zero-order valence-electron chi connectivity index (χ0n) is 17.2. The minimum absolute atomic E-state index is 0.0949. The van der Waals surface area contributed by atoms with E-state index in [9.17, 15) is 9.59 Å². The average Bonchev–Trinajstić information content (AvgIpc) is 2.78. The fourth-order valence-electron chi connectivity index (χ4n) is 2.79. The van der Waals surface area contributed by atoms with Crippen LogP contribution in [0.25, 0.3) is 0 Å². The highest BCUT2D eigenvalue weighted by atomic mass is 16.5. The molecule has 0 aromatic heterocycles. The van der Waals surface area contributed by atoms with Crippen molar-refractivity contribution in [1.29, 1.82) is 0 Å². The Kier molecular flexibility index (Phi) is 6.70. The minimum atomic E-state index is -0.268. The van der Waals surface area contributed by atoms with Gasteiger partial charge in [-0.1, -0.05) is 17.7 Å². The molecule has 0 saturated heterocycles. The largest absolute Gasteiger partial charge is 0.497 e.